The molecular weight excluding hydrogens is 520 g/mol. The SMILES string of the molecule is COc1ccc(C2C(C(=O)Nc3cc(C)ccn3)=C(C)NC3=C2C(=O)CCC3)cc1COc1ccccc1C(N)=O. The molecule has 1 atom stereocenters. The Bertz CT molecular complexity index is 1610. The molecule has 5 rings (SSSR count). The number of rotatable bonds is 8. The fraction of sp³-hybridized carbons (Fsp3) is 0.250. The molecule has 0 spiro atoms. The normalized spacial score (nSPS) is 16.6. The molecule has 2 amide bonds. The van der Waals surface area contributed by atoms with Crippen LogP contribution in [0.4, 0.5) is 5.82 Å². The Labute approximate surface area is 238 Å². The number of anilines is 1. The number of carbonyl (C=O) groups is 3. The zero-order valence-corrected chi connectivity index (χ0v) is 23.2. The summed E-state index contributed by atoms with van der Waals surface area (Å²) in [5.41, 5.74) is 10.8. The highest BCUT2D eigenvalue weighted by Gasteiger charge is 2.38. The highest BCUT2D eigenvalue weighted by atomic mass is 16.5. The van der Waals surface area contributed by atoms with Crippen LogP contribution in [0, 0.1) is 6.92 Å². The molecule has 1 aliphatic carbocycles. The minimum absolute atomic E-state index is 0.0132. The lowest BCUT2D eigenvalue weighted by Crippen LogP contribution is -2.35. The van der Waals surface area contributed by atoms with E-state index in [0.717, 1.165) is 29.7 Å². The summed E-state index contributed by atoms with van der Waals surface area (Å²) in [7, 11) is 1.56. The number of nitrogens with one attached hydrogen (secondary N) is 2. The summed E-state index contributed by atoms with van der Waals surface area (Å²) in [6, 6.07) is 16.0. The molecule has 210 valence electrons. The number of hydrogen-bond acceptors (Lipinski definition) is 7. The number of aryl methyl sites for hydroxylation is 1. The number of pyridine rings is 1. The number of hydrogen-bond donors (Lipinski definition) is 3. The van der Waals surface area contributed by atoms with E-state index in [1.165, 1.54) is 0 Å². The number of nitrogens with two attached hydrogens (primary N) is 1. The second-order valence-corrected chi connectivity index (χ2v) is 10.2. The highest BCUT2D eigenvalue weighted by Crippen LogP contribution is 2.43. The maximum atomic E-state index is 13.8. The van der Waals surface area contributed by atoms with Crippen LogP contribution in [0.5, 0.6) is 11.5 Å². The van der Waals surface area contributed by atoms with Gasteiger partial charge in [-0.1, -0.05) is 18.2 Å². The van der Waals surface area contributed by atoms with Crippen molar-refractivity contribution in [2.24, 2.45) is 5.73 Å². The number of nitrogens with zero attached hydrogens (tertiary/aromatic N) is 1. The van der Waals surface area contributed by atoms with Gasteiger partial charge in [0.1, 0.15) is 23.9 Å². The van der Waals surface area contributed by atoms with Crippen molar-refractivity contribution in [3.05, 3.63) is 106 Å². The lowest BCUT2D eigenvalue weighted by atomic mass is 9.74. The maximum Gasteiger partial charge on any atom is 0.255 e. The largest absolute Gasteiger partial charge is 0.496 e. The van der Waals surface area contributed by atoms with Gasteiger partial charge in [-0.3, -0.25) is 14.4 Å². The van der Waals surface area contributed by atoms with Gasteiger partial charge in [0.15, 0.2) is 5.78 Å². The van der Waals surface area contributed by atoms with Crippen molar-refractivity contribution in [3.8, 4) is 11.5 Å². The average molecular weight is 553 g/mol. The van der Waals surface area contributed by atoms with Gasteiger partial charge in [-0.25, -0.2) is 4.98 Å². The molecule has 1 aliphatic heterocycles. The summed E-state index contributed by atoms with van der Waals surface area (Å²) in [5.74, 6) is -0.175. The lowest BCUT2D eigenvalue weighted by molar-refractivity contribution is -0.116. The van der Waals surface area contributed by atoms with Gasteiger partial charge >= 0.3 is 0 Å². The molecule has 9 nitrogen and oxygen atoms in total. The topological polar surface area (TPSA) is 133 Å². The maximum absolute atomic E-state index is 13.8. The van der Waals surface area contributed by atoms with E-state index in [0.29, 0.717) is 46.1 Å². The molecule has 41 heavy (non-hydrogen) atoms. The Morgan fingerprint density at radius 3 is 2.63 bits per heavy atom. The number of para-hydroxylation sites is 1. The second-order valence-electron chi connectivity index (χ2n) is 10.2. The Kier molecular flexibility index (Phi) is 7.87. The second kappa shape index (κ2) is 11.7. The molecule has 9 heteroatoms. The quantitative estimate of drug-likeness (QED) is 0.370. The van der Waals surface area contributed by atoms with Gasteiger partial charge in [0.2, 0.25) is 0 Å². The number of carbonyl (C=O) groups excluding carboxylic acids is 3. The van der Waals surface area contributed by atoms with Crippen LogP contribution in [0.3, 0.4) is 0 Å². The van der Waals surface area contributed by atoms with E-state index < -0.39 is 11.8 Å². The van der Waals surface area contributed by atoms with Crippen molar-refractivity contribution in [2.75, 3.05) is 12.4 Å². The van der Waals surface area contributed by atoms with Crippen LogP contribution >= 0.6 is 0 Å². The number of methoxy groups -OCH3 is 1. The molecule has 2 aliphatic rings. The summed E-state index contributed by atoms with van der Waals surface area (Å²) in [4.78, 5) is 43.3. The zero-order chi connectivity index (χ0) is 29.1. The van der Waals surface area contributed by atoms with Crippen molar-refractivity contribution >= 4 is 23.4 Å². The molecule has 2 heterocycles. The molecule has 1 unspecified atom stereocenters. The van der Waals surface area contributed by atoms with Crippen LogP contribution in [-0.4, -0.2) is 29.7 Å². The minimum Gasteiger partial charge on any atom is -0.496 e. The smallest absolute Gasteiger partial charge is 0.255 e. The highest BCUT2D eigenvalue weighted by molar-refractivity contribution is 6.09. The molecule has 4 N–H and O–H groups in total. The van der Waals surface area contributed by atoms with Crippen molar-refractivity contribution in [2.45, 2.75) is 45.6 Å². The van der Waals surface area contributed by atoms with Gasteiger partial charge in [0, 0.05) is 46.6 Å². The van der Waals surface area contributed by atoms with Gasteiger partial charge in [-0.15, -0.1) is 0 Å². The van der Waals surface area contributed by atoms with Crippen LogP contribution in [0.15, 0.2) is 83.3 Å². The van der Waals surface area contributed by atoms with Crippen molar-refractivity contribution in [3.63, 3.8) is 0 Å². The number of Topliss-reactive ketones (excluding diaryl/α,β-unsaturated/α-hetero) is 1. The summed E-state index contributed by atoms with van der Waals surface area (Å²) in [6.45, 7) is 3.85. The first-order chi connectivity index (χ1) is 19.8. The van der Waals surface area contributed by atoms with Gasteiger partial charge in [0.05, 0.1) is 12.7 Å². The number of benzene rings is 2. The first-order valence-electron chi connectivity index (χ1n) is 13.4. The van der Waals surface area contributed by atoms with Gasteiger partial charge in [0.25, 0.3) is 11.8 Å². The number of dihydropyridines is 1. The van der Waals surface area contributed by atoms with Crippen molar-refractivity contribution in [1.82, 2.24) is 10.3 Å². The first-order valence-corrected chi connectivity index (χ1v) is 13.4. The molecule has 1 aromatic heterocycles. The molecule has 2 aromatic carbocycles. The fourth-order valence-corrected chi connectivity index (χ4v) is 5.45. The number of allylic oxidation sites excluding steroid dienone is 3. The summed E-state index contributed by atoms with van der Waals surface area (Å²) >= 11 is 0. The third kappa shape index (κ3) is 5.70. The van der Waals surface area contributed by atoms with Crippen molar-refractivity contribution in [1.29, 1.82) is 0 Å². The van der Waals surface area contributed by atoms with E-state index >= 15 is 0 Å². The van der Waals surface area contributed by atoms with E-state index in [2.05, 4.69) is 15.6 Å². The van der Waals surface area contributed by atoms with Crippen LogP contribution in [0.25, 0.3) is 0 Å². The van der Waals surface area contributed by atoms with E-state index in [1.807, 2.05) is 32.0 Å². The molecule has 0 radical (unpaired) electrons. The molecule has 0 saturated heterocycles. The minimum atomic E-state index is -0.605. The van der Waals surface area contributed by atoms with Crippen LogP contribution in [-0.2, 0) is 16.2 Å². The standard InChI is InChI=1S/C32H32N4O5/c1-18-13-14-34-27(15-18)36-32(39)28-19(2)35-23-8-6-9-24(37)30(23)29(28)20-11-12-25(40-3)21(16-20)17-41-26-10-5-4-7-22(26)31(33)38/h4-5,7,10-16,29,35H,6,8-9,17H2,1-3H3,(H2,33,38)(H,34,36,39). The van der Waals surface area contributed by atoms with Gasteiger partial charge < -0.3 is 25.8 Å². The molecule has 0 saturated carbocycles. The first kappa shape index (κ1) is 27.6. The molecule has 3 aromatic rings. The van der Waals surface area contributed by atoms with Crippen LogP contribution in [0.1, 0.15) is 59.2 Å². The Balaban J connectivity index is 1.55. The summed E-state index contributed by atoms with van der Waals surface area (Å²) in [6.07, 6.45) is 3.53. The predicted molar refractivity (Wildman–Crippen MR) is 154 cm³/mol. The summed E-state index contributed by atoms with van der Waals surface area (Å²) < 4.78 is 11.6. The number of ether oxygens (including phenoxy) is 2. The monoisotopic (exact) mass is 552 g/mol. The van der Waals surface area contributed by atoms with E-state index in [4.69, 9.17) is 15.2 Å². The van der Waals surface area contributed by atoms with Gasteiger partial charge in [-0.2, -0.15) is 0 Å². The fourth-order valence-electron chi connectivity index (χ4n) is 5.45. The van der Waals surface area contributed by atoms with E-state index in [1.54, 1.807) is 49.7 Å². The Morgan fingerprint density at radius 2 is 1.88 bits per heavy atom. The lowest BCUT2D eigenvalue weighted by Gasteiger charge is -2.34. The van der Waals surface area contributed by atoms with Gasteiger partial charge in [-0.05, 0) is 74.2 Å². The molecule has 0 fully saturated rings. The Morgan fingerprint density at radius 1 is 1.07 bits per heavy atom. The number of aromatic nitrogens is 1. The number of amides is 2. The summed E-state index contributed by atoms with van der Waals surface area (Å²) in [5, 5.41) is 6.26. The van der Waals surface area contributed by atoms with Crippen molar-refractivity contribution < 1.29 is 23.9 Å². The van der Waals surface area contributed by atoms with Crippen LogP contribution in [0.2, 0.25) is 0 Å². The molecule has 0 bridgehead atoms. The predicted octanol–water partition coefficient (Wildman–Crippen LogP) is 4.68. The number of primary amides is 1. The zero-order valence-electron chi connectivity index (χ0n) is 23.2. The van der Waals surface area contributed by atoms with Crippen LogP contribution < -0.4 is 25.8 Å². The molecular formula is C32H32N4O5. The van der Waals surface area contributed by atoms with E-state index in [-0.39, 0.29) is 23.9 Å². The average Bonchev–Trinajstić information content (AvgIpc) is 2.95. The Hall–Kier alpha value is -4.92. The van der Waals surface area contributed by atoms with E-state index in [9.17, 15) is 14.4 Å². The number of ketones is 1. The third-order valence-corrected chi connectivity index (χ3v) is 7.35. The third-order valence-electron chi connectivity index (χ3n) is 7.35.